The minimum atomic E-state index is -0.704. The first-order valence-corrected chi connectivity index (χ1v) is 12.2. The number of anilines is 1. The van der Waals surface area contributed by atoms with Crippen LogP contribution < -0.4 is 20.9 Å². The molecule has 1 atom stereocenters. The number of aryl methyl sites for hydroxylation is 1. The van der Waals surface area contributed by atoms with Crippen LogP contribution in [0.5, 0.6) is 11.5 Å². The minimum Gasteiger partial charge on any atom is -0.459 e. The van der Waals surface area contributed by atoms with Crippen LogP contribution in [0.25, 0.3) is 11.2 Å². The molecule has 3 heterocycles. The Kier molecular flexibility index (Phi) is 6.86. The summed E-state index contributed by atoms with van der Waals surface area (Å²) in [5.41, 5.74) is 12.7. The molecule has 0 amide bonds. The van der Waals surface area contributed by atoms with E-state index in [1.54, 1.807) is 0 Å². The molecule has 1 aliphatic heterocycles. The van der Waals surface area contributed by atoms with Gasteiger partial charge in [0.2, 0.25) is 6.79 Å². The molecule has 1 aromatic carbocycles. The molecule has 0 unspecified atom stereocenters. The van der Waals surface area contributed by atoms with Crippen LogP contribution in [-0.4, -0.2) is 43.9 Å². The number of carbonyl (C=O) groups is 1. The smallest absolute Gasteiger partial charge is 0.323 e. The fourth-order valence-electron chi connectivity index (χ4n) is 3.25. The molecule has 2 aromatic heterocycles. The van der Waals surface area contributed by atoms with Crippen molar-refractivity contribution in [3.05, 3.63) is 22.0 Å². The molecule has 4 rings (SSSR count). The number of nitrogen functional groups attached to an aromatic ring is 1. The third-order valence-corrected chi connectivity index (χ3v) is 7.07. The Bertz CT molecular complexity index is 1200. The second-order valence-electron chi connectivity index (χ2n) is 8.50. The van der Waals surface area contributed by atoms with Gasteiger partial charge < -0.3 is 30.2 Å². The number of ether oxygens (including phenoxy) is 3. The number of esters is 1. The number of benzene rings is 1. The second-order valence-corrected chi connectivity index (χ2v) is 10.7. The number of halogens is 1. The van der Waals surface area contributed by atoms with E-state index in [4.69, 9.17) is 30.7 Å². The number of nitrogens with two attached hydrogens (primary N) is 2. The molecule has 0 saturated heterocycles. The van der Waals surface area contributed by atoms with Crippen LogP contribution in [0.15, 0.2) is 28.5 Å². The van der Waals surface area contributed by atoms with E-state index in [9.17, 15) is 4.79 Å². The van der Waals surface area contributed by atoms with Gasteiger partial charge in [-0.1, -0.05) is 11.8 Å². The molecule has 0 spiro atoms. The Morgan fingerprint density at radius 1 is 1.30 bits per heavy atom. The van der Waals surface area contributed by atoms with Crippen molar-refractivity contribution in [3.63, 3.8) is 0 Å². The molecule has 3 aromatic rings. The number of imidazole rings is 1. The molecule has 0 fully saturated rings. The SMILES string of the molecule is CC(C)(C)OC(=O)[C@@H](N)CCCn1c(Sc2cc3c(cc2I)OCO3)nc2c(N)ncnc21. The lowest BCUT2D eigenvalue weighted by Crippen LogP contribution is -2.37. The molecule has 0 bridgehead atoms. The van der Waals surface area contributed by atoms with Gasteiger partial charge in [0.05, 0.1) is 0 Å². The summed E-state index contributed by atoms with van der Waals surface area (Å²) in [7, 11) is 0. The highest BCUT2D eigenvalue weighted by molar-refractivity contribution is 14.1. The third-order valence-electron chi connectivity index (χ3n) is 4.76. The number of hydrogen-bond acceptors (Lipinski definition) is 10. The van der Waals surface area contributed by atoms with E-state index < -0.39 is 17.6 Å². The lowest BCUT2D eigenvalue weighted by molar-refractivity contribution is -0.156. The highest BCUT2D eigenvalue weighted by Gasteiger charge is 2.23. The molecule has 10 nitrogen and oxygen atoms in total. The van der Waals surface area contributed by atoms with Gasteiger partial charge in [0.25, 0.3) is 0 Å². The summed E-state index contributed by atoms with van der Waals surface area (Å²) in [6, 6.07) is 3.17. The van der Waals surface area contributed by atoms with E-state index in [0.717, 1.165) is 14.2 Å². The van der Waals surface area contributed by atoms with Gasteiger partial charge in [-0.15, -0.1) is 0 Å². The molecule has 176 valence electrons. The number of carbonyl (C=O) groups excluding carboxylic acids is 1. The number of fused-ring (bicyclic) bond motifs is 2. The zero-order valence-electron chi connectivity index (χ0n) is 18.5. The van der Waals surface area contributed by atoms with Crippen molar-refractivity contribution in [1.82, 2.24) is 19.5 Å². The second kappa shape index (κ2) is 9.50. The zero-order valence-corrected chi connectivity index (χ0v) is 21.5. The molecule has 0 aliphatic carbocycles. The largest absolute Gasteiger partial charge is 0.459 e. The number of rotatable bonds is 7. The highest BCUT2D eigenvalue weighted by atomic mass is 127. The van der Waals surface area contributed by atoms with Gasteiger partial charge in [-0.05, 0) is 68.3 Å². The Morgan fingerprint density at radius 3 is 2.76 bits per heavy atom. The van der Waals surface area contributed by atoms with E-state index in [-0.39, 0.29) is 6.79 Å². The third kappa shape index (κ3) is 5.44. The number of nitrogens with zero attached hydrogens (tertiary/aromatic N) is 4. The monoisotopic (exact) mass is 584 g/mol. The minimum absolute atomic E-state index is 0.210. The zero-order chi connectivity index (χ0) is 23.8. The van der Waals surface area contributed by atoms with Crippen molar-refractivity contribution in [2.24, 2.45) is 5.73 Å². The van der Waals surface area contributed by atoms with E-state index in [2.05, 4.69) is 32.6 Å². The Balaban J connectivity index is 1.56. The fourth-order valence-corrected chi connectivity index (χ4v) is 4.97. The topological polar surface area (TPSA) is 140 Å². The average Bonchev–Trinajstić information content (AvgIpc) is 3.32. The maximum absolute atomic E-state index is 12.2. The van der Waals surface area contributed by atoms with Crippen molar-refractivity contribution in [2.45, 2.75) is 61.9 Å². The number of aromatic nitrogens is 4. The van der Waals surface area contributed by atoms with Gasteiger partial charge in [0.1, 0.15) is 18.0 Å². The van der Waals surface area contributed by atoms with Gasteiger partial charge in [0.15, 0.2) is 33.6 Å². The summed E-state index contributed by atoms with van der Waals surface area (Å²) < 4.78 is 19.3. The first kappa shape index (κ1) is 23.8. The summed E-state index contributed by atoms with van der Waals surface area (Å²) in [6.45, 7) is 6.22. The standard InChI is InChI=1S/C21H25IN6O4S/c1-21(2,3)32-19(29)12(23)5-4-6-28-18-16(17(24)25-9-26-18)27-20(28)33-15-8-14-13(7-11(15)22)30-10-31-14/h7-9,12H,4-6,10,23H2,1-3H3,(H2,24,25,26)/t12-/m0/s1. The Hall–Kier alpha value is -2.32. The van der Waals surface area contributed by atoms with Crippen LogP contribution in [0.4, 0.5) is 5.82 Å². The molecule has 1 aliphatic rings. The normalized spacial score (nSPS) is 14.0. The number of hydrogen-bond donors (Lipinski definition) is 2. The predicted molar refractivity (Wildman–Crippen MR) is 132 cm³/mol. The van der Waals surface area contributed by atoms with Gasteiger partial charge in [0, 0.05) is 15.0 Å². The summed E-state index contributed by atoms with van der Waals surface area (Å²) in [4.78, 5) is 26.3. The van der Waals surface area contributed by atoms with Crippen molar-refractivity contribution < 1.29 is 19.0 Å². The van der Waals surface area contributed by atoms with E-state index in [1.165, 1.54) is 18.1 Å². The van der Waals surface area contributed by atoms with Crippen molar-refractivity contribution in [2.75, 3.05) is 12.5 Å². The molecule has 0 radical (unpaired) electrons. The summed E-state index contributed by atoms with van der Waals surface area (Å²) in [5.74, 6) is 1.33. The molecular formula is C21H25IN6O4S. The predicted octanol–water partition coefficient (Wildman–Crippen LogP) is 3.34. The first-order chi connectivity index (χ1) is 15.6. The summed E-state index contributed by atoms with van der Waals surface area (Å²) in [5, 5.41) is 0.708. The van der Waals surface area contributed by atoms with Gasteiger partial charge >= 0.3 is 5.97 Å². The van der Waals surface area contributed by atoms with Crippen LogP contribution in [0, 0.1) is 3.57 Å². The quantitative estimate of drug-likeness (QED) is 0.314. The molecular weight excluding hydrogens is 559 g/mol. The summed E-state index contributed by atoms with van der Waals surface area (Å²) in [6.07, 6.45) is 2.50. The maximum Gasteiger partial charge on any atom is 0.323 e. The van der Waals surface area contributed by atoms with Crippen LogP contribution >= 0.6 is 34.4 Å². The van der Waals surface area contributed by atoms with Crippen molar-refractivity contribution in [3.8, 4) is 11.5 Å². The molecule has 0 saturated carbocycles. The van der Waals surface area contributed by atoms with Gasteiger partial charge in [-0.2, -0.15) is 0 Å². The van der Waals surface area contributed by atoms with Crippen molar-refractivity contribution >= 4 is 57.3 Å². The van der Waals surface area contributed by atoms with Crippen LogP contribution in [0.3, 0.4) is 0 Å². The molecule has 12 heteroatoms. The van der Waals surface area contributed by atoms with Crippen molar-refractivity contribution in [1.29, 1.82) is 0 Å². The fraction of sp³-hybridized carbons (Fsp3) is 0.429. The summed E-state index contributed by atoms with van der Waals surface area (Å²) >= 11 is 3.74. The maximum atomic E-state index is 12.2. The van der Waals surface area contributed by atoms with Crippen LogP contribution in [0.2, 0.25) is 0 Å². The van der Waals surface area contributed by atoms with Gasteiger partial charge in [-0.3, -0.25) is 4.79 Å². The Labute approximate surface area is 208 Å². The Morgan fingerprint density at radius 2 is 2.03 bits per heavy atom. The van der Waals surface area contributed by atoms with E-state index in [0.29, 0.717) is 47.3 Å². The van der Waals surface area contributed by atoms with Crippen LogP contribution in [0.1, 0.15) is 33.6 Å². The van der Waals surface area contributed by atoms with E-state index >= 15 is 0 Å². The van der Waals surface area contributed by atoms with E-state index in [1.807, 2.05) is 37.5 Å². The van der Waals surface area contributed by atoms with Crippen LogP contribution in [-0.2, 0) is 16.1 Å². The lowest BCUT2D eigenvalue weighted by atomic mass is 10.1. The highest BCUT2D eigenvalue weighted by Crippen LogP contribution is 2.41. The first-order valence-electron chi connectivity index (χ1n) is 10.3. The molecule has 33 heavy (non-hydrogen) atoms. The average molecular weight is 584 g/mol. The van der Waals surface area contributed by atoms with Gasteiger partial charge in [-0.25, -0.2) is 15.0 Å². The lowest BCUT2D eigenvalue weighted by Gasteiger charge is -2.22. The molecule has 4 N–H and O–H groups in total.